The van der Waals surface area contributed by atoms with Crippen molar-refractivity contribution in [1.29, 1.82) is 0 Å². The maximum Gasteiger partial charge on any atom is 0.0993 e. The highest BCUT2D eigenvalue weighted by Gasteiger charge is 2.28. The molecule has 0 radical (unpaired) electrons. The Morgan fingerprint density at radius 3 is 1.00 bits per heavy atom. The summed E-state index contributed by atoms with van der Waals surface area (Å²) in [5.74, 6) is 0. The van der Waals surface area contributed by atoms with Crippen LogP contribution in [0, 0.1) is 0 Å². The van der Waals surface area contributed by atoms with Gasteiger partial charge in [0.05, 0.1) is 12.2 Å². The molecule has 0 atom stereocenters. The van der Waals surface area contributed by atoms with Crippen LogP contribution in [0.15, 0.2) is 22.3 Å². The minimum atomic E-state index is 0.140. The van der Waals surface area contributed by atoms with Crippen LogP contribution in [0.2, 0.25) is 0 Å². The fourth-order valence-electron chi connectivity index (χ4n) is 2.18. The lowest BCUT2D eigenvalue weighted by molar-refractivity contribution is 0.125. The largest absolute Gasteiger partial charge is 0.373 e. The summed E-state index contributed by atoms with van der Waals surface area (Å²) in [6, 6.07) is 0. The van der Waals surface area contributed by atoms with E-state index in [4.69, 9.17) is 9.47 Å². The summed E-state index contributed by atoms with van der Waals surface area (Å²) in [5.41, 5.74) is 5.12. The maximum absolute atomic E-state index is 5.48. The molecule has 1 aliphatic rings. The van der Waals surface area contributed by atoms with Crippen LogP contribution in [-0.2, 0) is 9.47 Å². The summed E-state index contributed by atoms with van der Waals surface area (Å²) in [6.45, 7) is 8.47. The molecule has 0 fully saturated rings. The predicted octanol–water partition coefficient (Wildman–Crippen LogP) is 2.70. The lowest BCUT2D eigenvalue weighted by atomic mass is 9.84. The Morgan fingerprint density at radius 1 is 0.643 bits per heavy atom. The molecule has 1 aliphatic carbocycles. The molecule has 14 heavy (non-hydrogen) atoms. The smallest absolute Gasteiger partial charge is 0.0993 e. The Labute approximate surface area is 86.6 Å². The Bertz CT molecular complexity index is 233. The number of hydrogen-bond acceptors (Lipinski definition) is 2. The van der Waals surface area contributed by atoms with Crippen LogP contribution in [0.3, 0.4) is 0 Å². The number of rotatable bonds is 2. The molecule has 0 N–H and O–H groups in total. The summed E-state index contributed by atoms with van der Waals surface area (Å²) >= 11 is 0. The van der Waals surface area contributed by atoms with E-state index in [1.807, 2.05) is 0 Å². The normalized spacial score (nSPS) is 28.7. The summed E-state index contributed by atoms with van der Waals surface area (Å²) in [7, 11) is 3.51. The fourth-order valence-corrected chi connectivity index (χ4v) is 2.18. The minimum absolute atomic E-state index is 0.140. The second kappa shape index (κ2) is 4.28. The van der Waals surface area contributed by atoms with Crippen LogP contribution in [0.1, 0.15) is 27.7 Å². The molecule has 0 spiro atoms. The number of methoxy groups -OCH3 is 2. The van der Waals surface area contributed by atoms with Gasteiger partial charge in [-0.3, -0.25) is 0 Å². The first-order chi connectivity index (χ1) is 6.54. The molecule has 0 heterocycles. The van der Waals surface area contributed by atoms with Crippen LogP contribution in [-0.4, -0.2) is 26.4 Å². The molecule has 0 saturated carbocycles. The second-order valence-corrected chi connectivity index (χ2v) is 3.96. The first kappa shape index (κ1) is 11.5. The SMILES string of the molecule is COC1C(C)=C(C)C(OC)C(C)=C1C. The van der Waals surface area contributed by atoms with Gasteiger partial charge in [0.25, 0.3) is 0 Å². The van der Waals surface area contributed by atoms with Crippen molar-refractivity contribution < 1.29 is 9.47 Å². The molecule has 0 unspecified atom stereocenters. The predicted molar refractivity (Wildman–Crippen MR) is 58.3 cm³/mol. The maximum atomic E-state index is 5.48. The zero-order valence-corrected chi connectivity index (χ0v) is 9.97. The molecule has 0 aromatic rings. The van der Waals surface area contributed by atoms with Crippen molar-refractivity contribution >= 4 is 0 Å². The van der Waals surface area contributed by atoms with Crippen molar-refractivity contribution in [3.63, 3.8) is 0 Å². The summed E-state index contributed by atoms with van der Waals surface area (Å²) in [4.78, 5) is 0. The highest BCUT2D eigenvalue weighted by Crippen LogP contribution is 2.32. The van der Waals surface area contributed by atoms with E-state index in [0.717, 1.165) is 0 Å². The van der Waals surface area contributed by atoms with Gasteiger partial charge in [0.1, 0.15) is 0 Å². The van der Waals surface area contributed by atoms with Gasteiger partial charge in [0.2, 0.25) is 0 Å². The highest BCUT2D eigenvalue weighted by molar-refractivity contribution is 5.40. The van der Waals surface area contributed by atoms with Crippen molar-refractivity contribution in [2.45, 2.75) is 39.9 Å². The molecule has 0 aliphatic heterocycles. The molecule has 0 aromatic heterocycles. The summed E-state index contributed by atoms with van der Waals surface area (Å²) in [6.07, 6.45) is 0.280. The van der Waals surface area contributed by atoms with E-state index in [1.54, 1.807) is 14.2 Å². The first-order valence-electron chi connectivity index (χ1n) is 4.94. The Kier molecular flexibility index (Phi) is 3.51. The third kappa shape index (κ3) is 1.64. The number of ether oxygens (including phenoxy) is 2. The van der Waals surface area contributed by atoms with Crippen LogP contribution in [0.5, 0.6) is 0 Å². The number of hydrogen-bond donors (Lipinski definition) is 0. The van der Waals surface area contributed by atoms with Crippen molar-refractivity contribution in [2.75, 3.05) is 14.2 Å². The quantitative estimate of drug-likeness (QED) is 0.632. The van der Waals surface area contributed by atoms with Gasteiger partial charge in [0.15, 0.2) is 0 Å². The molecule has 80 valence electrons. The third-order valence-electron chi connectivity index (χ3n) is 3.29. The van der Waals surface area contributed by atoms with Crippen molar-refractivity contribution in [2.24, 2.45) is 0 Å². The first-order valence-corrected chi connectivity index (χ1v) is 4.94. The van der Waals surface area contributed by atoms with Crippen LogP contribution < -0.4 is 0 Å². The Balaban J connectivity index is 3.14. The molecule has 0 amide bonds. The van der Waals surface area contributed by atoms with Gasteiger partial charge >= 0.3 is 0 Å². The monoisotopic (exact) mass is 196 g/mol. The lowest BCUT2D eigenvalue weighted by Gasteiger charge is -2.32. The van der Waals surface area contributed by atoms with E-state index >= 15 is 0 Å². The van der Waals surface area contributed by atoms with Gasteiger partial charge in [-0.1, -0.05) is 0 Å². The standard InChI is InChI=1S/C12H20O2/c1-7-8(2)12(14-6)10(4)9(3)11(7)13-5/h11-12H,1-6H3. The second-order valence-electron chi connectivity index (χ2n) is 3.96. The van der Waals surface area contributed by atoms with Gasteiger partial charge in [-0.25, -0.2) is 0 Å². The summed E-state index contributed by atoms with van der Waals surface area (Å²) in [5, 5.41) is 0. The highest BCUT2D eigenvalue weighted by atomic mass is 16.5. The average Bonchev–Trinajstić information content (AvgIpc) is 2.17. The van der Waals surface area contributed by atoms with E-state index < -0.39 is 0 Å². The molecular weight excluding hydrogens is 176 g/mol. The summed E-state index contributed by atoms with van der Waals surface area (Å²) < 4.78 is 11.0. The molecule has 2 nitrogen and oxygen atoms in total. The molecule has 0 bridgehead atoms. The van der Waals surface area contributed by atoms with E-state index in [1.165, 1.54) is 22.3 Å². The Morgan fingerprint density at radius 2 is 0.857 bits per heavy atom. The zero-order chi connectivity index (χ0) is 10.9. The van der Waals surface area contributed by atoms with E-state index in [9.17, 15) is 0 Å². The van der Waals surface area contributed by atoms with E-state index in [0.29, 0.717) is 0 Å². The van der Waals surface area contributed by atoms with Gasteiger partial charge in [-0.2, -0.15) is 0 Å². The van der Waals surface area contributed by atoms with Crippen LogP contribution in [0.4, 0.5) is 0 Å². The van der Waals surface area contributed by atoms with Crippen molar-refractivity contribution in [3.8, 4) is 0 Å². The van der Waals surface area contributed by atoms with Gasteiger partial charge in [-0.05, 0) is 50.0 Å². The van der Waals surface area contributed by atoms with E-state index in [2.05, 4.69) is 27.7 Å². The van der Waals surface area contributed by atoms with Crippen LogP contribution >= 0.6 is 0 Å². The van der Waals surface area contributed by atoms with Crippen molar-refractivity contribution in [1.82, 2.24) is 0 Å². The van der Waals surface area contributed by atoms with Gasteiger partial charge in [-0.15, -0.1) is 0 Å². The average molecular weight is 196 g/mol. The molecule has 1 rings (SSSR count). The lowest BCUT2D eigenvalue weighted by Crippen LogP contribution is -2.29. The molecule has 0 saturated heterocycles. The fraction of sp³-hybridized carbons (Fsp3) is 0.667. The third-order valence-corrected chi connectivity index (χ3v) is 3.29. The minimum Gasteiger partial charge on any atom is -0.373 e. The van der Waals surface area contributed by atoms with Crippen LogP contribution in [0.25, 0.3) is 0 Å². The topological polar surface area (TPSA) is 18.5 Å². The molecular formula is C12H20O2. The van der Waals surface area contributed by atoms with E-state index in [-0.39, 0.29) is 12.2 Å². The Hall–Kier alpha value is -0.600. The van der Waals surface area contributed by atoms with Crippen molar-refractivity contribution in [3.05, 3.63) is 22.3 Å². The molecule has 0 aromatic carbocycles. The van der Waals surface area contributed by atoms with Gasteiger partial charge < -0.3 is 9.47 Å². The van der Waals surface area contributed by atoms with Gasteiger partial charge in [0, 0.05) is 14.2 Å². The zero-order valence-electron chi connectivity index (χ0n) is 9.97. The molecule has 2 heteroatoms.